The lowest BCUT2D eigenvalue weighted by Crippen LogP contribution is -2.26. The van der Waals surface area contributed by atoms with Crippen molar-refractivity contribution in [3.8, 4) is 0 Å². The summed E-state index contributed by atoms with van der Waals surface area (Å²) in [6.07, 6.45) is 7.14. The van der Waals surface area contributed by atoms with Gasteiger partial charge in [0.25, 0.3) is 10.0 Å². The predicted octanol–water partition coefficient (Wildman–Crippen LogP) is 1.19. The smallest absolute Gasteiger partial charge is 0.293 e. The average Bonchev–Trinajstić information content (AvgIpc) is 3.10. The Morgan fingerprint density at radius 3 is 2.62 bits per heavy atom. The molecular weight excluding hydrogens is 314 g/mol. The highest BCUT2D eigenvalue weighted by molar-refractivity contribution is 8.03. The molecule has 2 aliphatic rings. The molecule has 0 aromatic carbocycles. The molecule has 0 unspecified atom stereocenters. The van der Waals surface area contributed by atoms with Gasteiger partial charge in [0.05, 0.1) is 46.7 Å². The van der Waals surface area contributed by atoms with Crippen LogP contribution < -0.4 is 0 Å². The Morgan fingerprint density at radius 1 is 1.29 bits per heavy atom. The standard InChI is InChI=1S/C12H19N3O4S2/c16-20(7-5-19-6-8-20)14-21(17,18)12-9-13-15(10-12)11-3-1-2-4-11/h9-11H,1-8H2. The van der Waals surface area contributed by atoms with Crippen molar-refractivity contribution >= 4 is 19.8 Å². The summed E-state index contributed by atoms with van der Waals surface area (Å²) in [5.74, 6) is 0.339. The Kier molecular flexibility index (Phi) is 4.06. The topological polar surface area (TPSA) is 90.6 Å². The van der Waals surface area contributed by atoms with Crippen LogP contribution in [-0.4, -0.2) is 47.1 Å². The van der Waals surface area contributed by atoms with Crippen LogP contribution >= 0.6 is 0 Å². The molecule has 0 N–H and O–H groups in total. The van der Waals surface area contributed by atoms with Crippen LogP contribution in [0.5, 0.6) is 0 Å². The van der Waals surface area contributed by atoms with E-state index in [1.165, 1.54) is 12.4 Å². The quantitative estimate of drug-likeness (QED) is 0.828. The van der Waals surface area contributed by atoms with Gasteiger partial charge in [0, 0.05) is 6.20 Å². The fourth-order valence-electron chi connectivity index (χ4n) is 2.70. The summed E-state index contributed by atoms with van der Waals surface area (Å²) in [6, 6.07) is 0.269. The number of rotatable bonds is 3. The first kappa shape index (κ1) is 15.0. The third kappa shape index (κ3) is 3.29. The molecule has 1 aliphatic heterocycles. The molecule has 1 aliphatic carbocycles. The molecule has 0 spiro atoms. The summed E-state index contributed by atoms with van der Waals surface area (Å²) in [5.41, 5.74) is 0. The molecule has 0 bridgehead atoms. The van der Waals surface area contributed by atoms with E-state index in [-0.39, 0.29) is 22.4 Å². The fourth-order valence-corrected chi connectivity index (χ4v) is 6.45. The minimum atomic E-state index is -3.92. The van der Waals surface area contributed by atoms with Gasteiger partial charge in [-0.05, 0) is 12.8 Å². The summed E-state index contributed by atoms with van der Waals surface area (Å²) in [5, 5.41) is 4.14. The van der Waals surface area contributed by atoms with Crippen molar-refractivity contribution in [3.63, 3.8) is 0 Å². The molecule has 1 saturated heterocycles. The molecule has 0 radical (unpaired) electrons. The van der Waals surface area contributed by atoms with Crippen molar-refractivity contribution < 1.29 is 17.4 Å². The number of aromatic nitrogens is 2. The van der Waals surface area contributed by atoms with Gasteiger partial charge < -0.3 is 4.74 Å². The van der Waals surface area contributed by atoms with Crippen LogP contribution in [-0.2, 0) is 24.5 Å². The number of ether oxygens (including phenoxy) is 1. The second-order valence-corrected chi connectivity index (χ2v) is 9.82. The van der Waals surface area contributed by atoms with Gasteiger partial charge in [-0.25, -0.2) is 4.21 Å². The molecular formula is C12H19N3O4S2. The zero-order valence-electron chi connectivity index (χ0n) is 11.7. The van der Waals surface area contributed by atoms with Crippen molar-refractivity contribution in [2.45, 2.75) is 36.6 Å². The first-order valence-electron chi connectivity index (χ1n) is 7.09. The Bertz CT molecular complexity index is 713. The second-order valence-electron chi connectivity index (χ2n) is 5.44. The Labute approximate surface area is 124 Å². The van der Waals surface area contributed by atoms with Crippen LogP contribution in [0.3, 0.4) is 0 Å². The van der Waals surface area contributed by atoms with Crippen LogP contribution in [0.4, 0.5) is 0 Å². The van der Waals surface area contributed by atoms with Crippen LogP contribution in [0.1, 0.15) is 31.7 Å². The highest BCUT2D eigenvalue weighted by Crippen LogP contribution is 2.29. The molecule has 9 heteroatoms. The third-order valence-corrected chi connectivity index (χ3v) is 8.19. The molecule has 3 rings (SSSR count). The van der Waals surface area contributed by atoms with E-state index in [9.17, 15) is 12.6 Å². The molecule has 2 fully saturated rings. The summed E-state index contributed by atoms with van der Waals surface area (Å²) in [4.78, 5) is 0.0311. The molecule has 2 heterocycles. The largest absolute Gasteiger partial charge is 0.379 e. The molecule has 7 nitrogen and oxygen atoms in total. The molecule has 0 amide bonds. The number of hydrogen-bond donors (Lipinski definition) is 0. The van der Waals surface area contributed by atoms with Gasteiger partial charge in [-0.15, -0.1) is 3.77 Å². The number of hydrogen-bond acceptors (Lipinski definition) is 5. The highest BCUT2D eigenvalue weighted by atomic mass is 32.3. The Hall–Kier alpha value is -0.930. The second kappa shape index (κ2) is 5.69. The first-order valence-corrected chi connectivity index (χ1v) is 10.4. The maximum atomic E-state index is 12.4. The van der Waals surface area contributed by atoms with Crippen LogP contribution in [0, 0.1) is 0 Å². The molecule has 1 aromatic rings. The lowest BCUT2D eigenvalue weighted by molar-refractivity contribution is 0.158. The van der Waals surface area contributed by atoms with Gasteiger partial charge in [0.15, 0.2) is 0 Å². The van der Waals surface area contributed by atoms with Gasteiger partial charge in [-0.1, -0.05) is 12.8 Å². The van der Waals surface area contributed by atoms with E-state index in [2.05, 4.69) is 8.87 Å². The average molecular weight is 333 g/mol. The molecule has 1 aromatic heterocycles. The summed E-state index contributed by atoms with van der Waals surface area (Å²) >= 11 is 0. The van der Waals surface area contributed by atoms with Gasteiger partial charge >= 0.3 is 0 Å². The van der Waals surface area contributed by atoms with E-state index in [0.29, 0.717) is 13.2 Å². The Morgan fingerprint density at radius 2 is 1.95 bits per heavy atom. The number of nitrogens with zero attached hydrogens (tertiary/aromatic N) is 3. The summed E-state index contributed by atoms with van der Waals surface area (Å²) < 4.78 is 47.5. The van der Waals surface area contributed by atoms with Gasteiger partial charge in [0.1, 0.15) is 4.90 Å². The SMILES string of the molecule is O=S(=O)(N=S1(=O)CCOCC1)c1cnn(C2CCCC2)c1. The Balaban J connectivity index is 1.88. The van der Waals surface area contributed by atoms with Crippen molar-refractivity contribution in [3.05, 3.63) is 12.4 Å². The van der Waals surface area contributed by atoms with E-state index in [0.717, 1.165) is 25.7 Å². The number of sulfonamides is 1. The first-order chi connectivity index (χ1) is 9.99. The lowest BCUT2D eigenvalue weighted by Gasteiger charge is -2.15. The minimum absolute atomic E-state index is 0.0311. The molecule has 1 saturated carbocycles. The summed E-state index contributed by atoms with van der Waals surface area (Å²) in [6.45, 7) is 0.582. The predicted molar refractivity (Wildman–Crippen MR) is 78.0 cm³/mol. The molecule has 0 atom stereocenters. The lowest BCUT2D eigenvalue weighted by atomic mass is 10.3. The van der Waals surface area contributed by atoms with E-state index >= 15 is 0 Å². The fraction of sp³-hybridized carbons (Fsp3) is 0.750. The van der Waals surface area contributed by atoms with Gasteiger partial charge in [-0.3, -0.25) is 4.68 Å². The van der Waals surface area contributed by atoms with Gasteiger partial charge in [-0.2, -0.15) is 13.5 Å². The van der Waals surface area contributed by atoms with Crippen LogP contribution in [0.25, 0.3) is 0 Å². The monoisotopic (exact) mass is 333 g/mol. The van der Waals surface area contributed by atoms with E-state index in [1.54, 1.807) is 4.68 Å². The maximum Gasteiger partial charge on any atom is 0.293 e. The molecule has 118 valence electrons. The van der Waals surface area contributed by atoms with Crippen molar-refractivity contribution in [1.29, 1.82) is 0 Å². The third-order valence-electron chi connectivity index (χ3n) is 3.90. The summed E-state index contributed by atoms with van der Waals surface area (Å²) in [7, 11) is -6.65. The minimum Gasteiger partial charge on any atom is -0.379 e. The normalized spacial score (nSPS) is 23.2. The van der Waals surface area contributed by atoms with Crippen molar-refractivity contribution in [1.82, 2.24) is 9.78 Å². The molecule has 21 heavy (non-hydrogen) atoms. The van der Waals surface area contributed by atoms with E-state index in [4.69, 9.17) is 4.74 Å². The van der Waals surface area contributed by atoms with Crippen molar-refractivity contribution in [2.75, 3.05) is 24.7 Å². The van der Waals surface area contributed by atoms with Crippen LogP contribution in [0.15, 0.2) is 21.1 Å². The van der Waals surface area contributed by atoms with Gasteiger partial charge in [0.2, 0.25) is 0 Å². The zero-order chi connectivity index (χ0) is 14.9. The van der Waals surface area contributed by atoms with Crippen LogP contribution in [0.2, 0.25) is 0 Å². The highest BCUT2D eigenvalue weighted by Gasteiger charge is 2.24. The maximum absolute atomic E-state index is 12.4. The van der Waals surface area contributed by atoms with Crippen molar-refractivity contribution in [2.24, 2.45) is 3.77 Å². The van der Waals surface area contributed by atoms with E-state index < -0.39 is 19.8 Å². The zero-order valence-corrected chi connectivity index (χ0v) is 13.3. The van der Waals surface area contributed by atoms with E-state index in [1.807, 2.05) is 0 Å².